The maximum atomic E-state index is 6.65. The normalized spacial score (nSPS) is 12.5. The lowest BCUT2D eigenvalue weighted by atomic mass is 10.5. The molecule has 44 valence electrons. The van der Waals surface area contributed by atoms with Gasteiger partial charge in [-0.15, -0.1) is 0 Å². The molecule has 0 aliphatic rings. The van der Waals surface area contributed by atoms with Gasteiger partial charge in [0.05, 0.1) is 9.93 Å². The topological polar surface area (TPSA) is 48.6 Å². The molecule has 0 aromatic carbocycles. The highest BCUT2D eigenvalue weighted by atomic mass is 127. The van der Waals surface area contributed by atoms with Crippen molar-refractivity contribution in [2.24, 2.45) is 10.2 Å². The lowest BCUT2D eigenvalue weighted by molar-refractivity contribution is 1.26. The largest absolute Gasteiger partial charge is 0.307 e. The second-order valence-corrected chi connectivity index (χ2v) is 1.66. The molecule has 0 aliphatic heterocycles. The first-order chi connectivity index (χ1) is 3.81. The zero-order valence-electron chi connectivity index (χ0n) is 4.43. The molecule has 0 aliphatic carbocycles. The molecule has 0 rings (SSSR count). The third-order valence-electron chi connectivity index (χ3n) is 0.468. The molecule has 0 radical (unpaired) electrons. The molecule has 0 saturated heterocycles. The van der Waals surface area contributed by atoms with Gasteiger partial charge in [-0.2, -0.15) is 10.2 Å². The van der Waals surface area contributed by atoms with Gasteiger partial charge in [0.2, 0.25) is 0 Å². The molecular weight excluding hydrogens is 217 g/mol. The molecule has 1 N–H and O–H groups in total. The molecule has 8 heavy (non-hydrogen) atoms. The van der Waals surface area contributed by atoms with Crippen LogP contribution in [-0.2, 0) is 0 Å². The number of hydrogen-bond donors (Lipinski definition) is 1. The minimum atomic E-state index is 0.609. The molecule has 0 spiro atoms. The Labute approximate surface area is 61.5 Å². The van der Waals surface area contributed by atoms with Crippen LogP contribution < -0.4 is 0 Å². The zero-order valence-corrected chi connectivity index (χ0v) is 6.58. The van der Waals surface area contributed by atoms with E-state index in [-0.39, 0.29) is 0 Å². The standard InChI is InChI=1S/C4H6IN3/c1-4(2-6)8-7-3-5/h2-3,6H,1H3/b6-2?,7-3-,8-4-. The third-order valence-corrected chi connectivity index (χ3v) is 0.717. The van der Waals surface area contributed by atoms with Crippen LogP contribution in [0.4, 0.5) is 0 Å². The summed E-state index contributed by atoms with van der Waals surface area (Å²) in [6, 6.07) is 0. The van der Waals surface area contributed by atoms with Gasteiger partial charge in [-0.25, -0.2) is 0 Å². The predicted molar refractivity (Wildman–Crippen MR) is 44.4 cm³/mol. The van der Waals surface area contributed by atoms with Crippen molar-refractivity contribution in [1.29, 1.82) is 5.41 Å². The summed E-state index contributed by atoms with van der Waals surface area (Å²) >= 11 is 1.96. The van der Waals surface area contributed by atoms with Gasteiger partial charge in [0.25, 0.3) is 0 Å². The van der Waals surface area contributed by atoms with Crippen LogP contribution >= 0.6 is 22.6 Å². The van der Waals surface area contributed by atoms with Crippen molar-refractivity contribution in [2.45, 2.75) is 6.92 Å². The van der Waals surface area contributed by atoms with Gasteiger partial charge in [0.1, 0.15) is 0 Å². The Morgan fingerprint density at radius 3 is 2.75 bits per heavy atom. The summed E-state index contributed by atoms with van der Waals surface area (Å²) in [6.45, 7) is 1.72. The van der Waals surface area contributed by atoms with E-state index in [2.05, 4.69) is 10.2 Å². The smallest absolute Gasteiger partial charge is 0.0878 e. The molecule has 0 aromatic heterocycles. The number of hydrogen-bond acceptors (Lipinski definition) is 3. The minimum Gasteiger partial charge on any atom is -0.307 e. The molecule has 3 nitrogen and oxygen atoms in total. The Kier molecular flexibility index (Phi) is 4.73. The molecule has 0 atom stereocenters. The fourth-order valence-corrected chi connectivity index (χ4v) is 0.266. The summed E-state index contributed by atoms with van der Waals surface area (Å²) in [5, 5.41) is 13.8. The quantitative estimate of drug-likeness (QED) is 0.418. The van der Waals surface area contributed by atoms with Gasteiger partial charge < -0.3 is 5.41 Å². The van der Waals surface area contributed by atoms with Crippen molar-refractivity contribution in [2.75, 3.05) is 0 Å². The van der Waals surface area contributed by atoms with Gasteiger partial charge in [-0.1, -0.05) is 0 Å². The highest BCUT2D eigenvalue weighted by Gasteiger charge is 1.75. The van der Waals surface area contributed by atoms with Crippen molar-refractivity contribution in [3.63, 3.8) is 0 Å². The van der Waals surface area contributed by atoms with E-state index in [9.17, 15) is 0 Å². The van der Waals surface area contributed by atoms with E-state index in [1.54, 1.807) is 11.1 Å². The number of halogens is 1. The van der Waals surface area contributed by atoms with Crippen molar-refractivity contribution in [3.05, 3.63) is 0 Å². The van der Waals surface area contributed by atoms with Gasteiger partial charge in [-0.05, 0) is 29.5 Å². The monoisotopic (exact) mass is 223 g/mol. The first-order valence-electron chi connectivity index (χ1n) is 1.98. The van der Waals surface area contributed by atoms with Gasteiger partial charge in [0, 0.05) is 6.21 Å². The van der Waals surface area contributed by atoms with Crippen LogP contribution in [0.15, 0.2) is 10.2 Å². The van der Waals surface area contributed by atoms with E-state index >= 15 is 0 Å². The maximum absolute atomic E-state index is 6.65. The Hall–Kier alpha value is -0.260. The Balaban J connectivity index is 3.74. The van der Waals surface area contributed by atoms with Crippen LogP contribution in [0.1, 0.15) is 6.92 Å². The molecule has 0 bridgehead atoms. The first-order valence-corrected chi connectivity index (χ1v) is 3.22. The van der Waals surface area contributed by atoms with E-state index in [0.29, 0.717) is 5.71 Å². The van der Waals surface area contributed by atoms with Crippen molar-refractivity contribution in [3.8, 4) is 0 Å². The number of nitrogens with zero attached hydrogens (tertiary/aromatic N) is 2. The van der Waals surface area contributed by atoms with E-state index < -0.39 is 0 Å². The predicted octanol–water partition coefficient (Wildman–Crippen LogP) is 1.48. The lowest BCUT2D eigenvalue weighted by Crippen LogP contribution is -1.87. The second kappa shape index (κ2) is 4.89. The van der Waals surface area contributed by atoms with Crippen LogP contribution in [0.2, 0.25) is 0 Å². The summed E-state index contributed by atoms with van der Waals surface area (Å²) < 4.78 is 1.55. The van der Waals surface area contributed by atoms with Gasteiger partial charge in [-0.3, -0.25) is 0 Å². The SMILES string of the molecule is C/C(C=N)=N/N=C\I. The van der Waals surface area contributed by atoms with Crippen LogP contribution in [0.3, 0.4) is 0 Å². The average molecular weight is 223 g/mol. The van der Waals surface area contributed by atoms with Crippen LogP contribution in [0, 0.1) is 5.41 Å². The fourth-order valence-electron chi connectivity index (χ4n) is 0.142. The zero-order chi connectivity index (χ0) is 6.41. The van der Waals surface area contributed by atoms with Crippen molar-refractivity contribution >= 4 is 38.7 Å². The van der Waals surface area contributed by atoms with Crippen LogP contribution in [-0.4, -0.2) is 16.1 Å². The summed E-state index contributed by atoms with van der Waals surface area (Å²) in [6.07, 6.45) is 1.16. The van der Waals surface area contributed by atoms with Crippen molar-refractivity contribution < 1.29 is 0 Å². The Morgan fingerprint density at radius 2 is 2.38 bits per heavy atom. The number of nitrogens with one attached hydrogen (secondary N) is 1. The molecule has 0 aromatic rings. The van der Waals surface area contributed by atoms with E-state index in [0.717, 1.165) is 6.21 Å². The maximum Gasteiger partial charge on any atom is 0.0878 e. The fraction of sp³-hybridized carbons (Fsp3) is 0.250. The van der Waals surface area contributed by atoms with Gasteiger partial charge in [0.15, 0.2) is 0 Å². The second-order valence-electron chi connectivity index (χ2n) is 1.10. The first kappa shape index (κ1) is 7.74. The Morgan fingerprint density at radius 1 is 1.75 bits per heavy atom. The summed E-state index contributed by atoms with van der Waals surface area (Å²) in [5.41, 5.74) is 0.609. The molecular formula is C4H6IN3. The summed E-state index contributed by atoms with van der Waals surface area (Å²) in [5.74, 6) is 0. The highest BCUT2D eigenvalue weighted by Crippen LogP contribution is 1.76. The molecule has 0 heterocycles. The Bertz CT molecular complexity index is 127. The van der Waals surface area contributed by atoms with Gasteiger partial charge >= 0.3 is 0 Å². The molecule has 0 unspecified atom stereocenters. The minimum absolute atomic E-state index is 0.609. The molecule has 0 saturated carbocycles. The summed E-state index contributed by atoms with van der Waals surface area (Å²) in [7, 11) is 0. The number of rotatable bonds is 2. The van der Waals surface area contributed by atoms with E-state index in [1.807, 2.05) is 22.6 Å². The highest BCUT2D eigenvalue weighted by molar-refractivity contribution is 14.1. The van der Waals surface area contributed by atoms with Crippen molar-refractivity contribution in [1.82, 2.24) is 0 Å². The summed E-state index contributed by atoms with van der Waals surface area (Å²) in [4.78, 5) is 0. The van der Waals surface area contributed by atoms with Crippen LogP contribution in [0.5, 0.6) is 0 Å². The molecule has 0 amide bonds. The molecule has 0 fully saturated rings. The average Bonchev–Trinajstić information content (AvgIpc) is 1.83. The third kappa shape index (κ3) is 3.91. The van der Waals surface area contributed by atoms with E-state index in [4.69, 9.17) is 5.41 Å². The van der Waals surface area contributed by atoms with E-state index in [1.165, 1.54) is 0 Å². The molecule has 4 heteroatoms. The van der Waals surface area contributed by atoms with Crippen LogP contribution in [0.25, 0.3) is 0 Å². The lowest BCUT2D eigenvalue weighted by Gasteiger charge is -1.78.